The van der Waals surface area contributed by atoms with Crippen LogP contribution >= 0.6 is 0 Å². The summed E-state index contributed by atoms with van der Waals surface area (Å²) in [4.78, 5) is 13.4. The molecule has 2 rings (SSSR count). The number of Topliss-reactive ketones (excluding diaryl/α,β-unsaturated/α-hetero) is 1. The third kappa shape index (κ3) is 2.49. The molecular weight excluding hydrogens is 190 g/mol. The number of carbonyl (C=O) groups is 1. The fourth-order valence-electron chi connectivity index (χ4n) is 1.89. The van der Waals surface area contributed by atoms with Crippen molar-refractivity contribution >= 4 is 11.5 Å². The van der Waals surface area contributed by atoms with E-state index in [4.69, 9.17) is 0 Å². The van der Waals surface area contributed by atoms with E-state index >= 15 is 0 Å². The van der Waals surface area contributed by atoms with Gasteiger partial charge in [0.1, 0.15) is 11.5 Å². The summed E-state index contributed by atoms with van der Waals surface area (Å²) in [7, 11) is 0. The lowest BCUT2D eigenvalue weighted by Gasteiger charge is -2.22. The Morgan fingerprint density at radius 3 is 2.53 bits per heavy atom. The van der Waals surface area contributed by atoms with Crippen molar-refractivity contribution in [3.63, 3.8) is 0 Å². The van der Waals surface area contributed by atoms with E-state index in [1.54, 1.807) is 12.1 Å². The van der Waals surface area contributed by atoms with Crippen molar-refractivity contribution in [2.45, 2.75) is 19.3 Å². The quantitative estimate of drug-likeness (QED) is 0.761. The van der Waals surface area contributed by atoms with E-state index in [1.807, 2.05) is 12.1 Å². The number of anilines is 1. The summed E-state index contributed by atoms with van der Waals surface area (Å²) in [5.41, 5.74) is 1.09. The van der Waals surface area contributed by atoms with E-state index in [0.717, 1.165) is 25.2 Å². The number of rotatable bonds is 1. The second kappa shape index (κ2) is 4.34. The third-order valence-corrected chi connectivity index (χ3v) is 2.76. The summed E-state index contributed by atoms with van der Waals surface area (Å²) in [6.45, 7) is 1.72. The van der Waals surface area contributed by atoms with Crippen molar-refractivity contribution in [1.82, 2.24) is 0 Å². The first-order valence-corrected chi connectivity index (χ1v) is 5.31. The molecular formula is C12H15NO2. The number of nitrogens with zero attached hydrogens (tertiary/aromatic N) is 1. The van der Waals surface area contributed by atoms with Gasteiger partial charge in [-0.05, 0) is 30.7 Å². The fraction of sp³-hybridized carbons (Fsp3) is 0.417. The van der Waals surface area contributed by atoms with E-state index in [9.17, 15) is 9.90 Å². The van der Waals surface area contributed by atoms with Crippen LogP contribution in [0.4, 0.5) is 5.69 Å². The molecule has 0 unspecified atom stereocenters. The summed E-state index contributed by atoms with van der Waals surface area (Å²) >= 11 is 0. The molecule has 1 aromatic carbocycles. The molecule has 0 atom stereocenters. The third-order valence-electron chi connectivity index (χ3n) is 2.76. The molecule has 1 fully saturated rings. The minimum atomic E-state index is 0.282. The molecule has 1 aliphatic heterocycles. The monoisotopic (exact) mass is 205 g/mol. The lowest BCUT2D eigenvalue weighted by Crippen LogP contribution is -2.23. The van der Waals surface area contributed by atoms with Gasteiger partial charge < -0.3 is 10.0 Å². The molecule has 15 heavy (non-hydrogen) atoms. The summed E-state index contributed by atoms with van der Waals surface area (Å²) in [5.74, 6) is 0.640. The van der Waals surface area contributed by atoms with Gasteiger partial charge in [0.15, 0.2) is 0 Å². The van der Waals surface area contributed by atoms with Crippen molar-refractivity contribution in [2.24, 2.45) is 0 Å². The number of benzene rings is 1. The number of phenolic OH excluding ortho intramolecular Hbond substituents is 1. The first kappa shape index (κ1) is 10.0. The number of carbonyl (C=O) groups excluding carboxylic acids is 1. The van der Waals surface area contributed by atoms with Crippen molar-refractivity contribution in [2.75, 3.05) is 18.0 Å². The van der Waals surface area contributed by atoms with E-state index in [0.29, 0.717) is 18.6 Å². The lowest BCUT2D eigenvalue weighted by molar-refractivity contribution is -0.118. The lowest BCUT2D eigenvalue weighted by atomic mass is 10.2. The van der Waals surface area contributed by atoms with Crippen molar-refractivity contribution < 1.29 is 9.90 Å². The molecule has 1 N–H and O–H groups in total. The normalized spacial score (nSPS) is 17.6. The average molecular weight is 205 g/mol. The fourth-order valence-corrected chi connectivity index (χ4v) is 1.89. The number of aromatic hydroxyl groups is 1. The van der Waals surface area contributed by atoms with Crippen LogP contribution in [0.2, 0.25) is 0 Å². The highest BCUT2D eigenvalue weighted by Gasteiger charge is 2.13. The highest BCUT2D eigenvalue weighted by molar-refractivity contribution is 5.79. The van der Waals surface area contributed by atoms with Gasteiger partial charge in [-0.3, -0.25) is 4.79 Å². The van der Waals surface area contributed by atoms with Crippen molar-refractivity contribution in [3.05, 3.63) is 24.3 Å². The molecule has 0 radical (unpaired) electrons. The van der Waals surface area contributed by atoms with Crippen LogP contribution in [0.5, 0.6) is 5.75 Å². The number of hydrogen-bond donors (Lipinski definition) is 1. The number of hydrogen-bond acceptors (Lipinski definition) is 3. The molecule has 1 aromatic rings. The van der Waals surface area contributed by atoms with Gasteiger partial charge in [-0.25, -0.2) is 0 Å². The van der Waals surface area contributed by atoms with Gasteiger partial charge in [0, 0.05) is 31.6 Å². The smallest absolute Gasteiger partial charge is 0.134 e. The number of ketones is 1. The molecule has 0 spiro atoms. The van der Waals surface area contributed by atoms with Crippen LogP contribution in [0.3, 0.4) is 0 Å². The minimum absolute atomic E-state index is 0.282. The molecule has 0 saturated carbocycles. The molecule has 0 bridgehead atoms. The molecule has 0 aromatic heterocycles. The van der Waals surface area contributed by atoms with E-state index in [2.05, 4.69) is 4.90 Å². The van der Waals surface area contributed by atoms with Crippen LogP contribution in [-0.2, 0) is 4.79 Å². The Labute approximate surface area is 89.3 Å². The van der Waals surface area contributed by atoms with Crippen LogP contribution in [0.15, 0.2) is 24.3 Å². The molecule has 1 aliphatic rings. The van der Waals surface area contributed by atoms with Crippen LogP contribution in [-0.4, -0.2) is 24.0 Å². The van der Waals surface area contributed by atoms with Crippen LogP contribution < -0.4 is 4.90 Å². The zero-order valence-electron chi connectivity index (χ0n) is 8.65. The molecule has 80 valence electrons. The van der Waals surface area contributed by atoms with E-state index in [1.165, 1.54) is 0 Å². The second-order valence-corrected chi connectivity index (χ2v) is 3.90. The summed E-state index contributed by atoms with van der Waals surface area (Å²) in [5, 5.41) is 9.18. The zero-order valence-corrected chi connectivity index (χ0v) is 8.65. The average Bonchev–Trinajstić information content (AvgIpc) is 2.44. The second-order valence-electron chi connectivity index (χ2n) is 3.90. The molecule has 3 nitrogen and oxygen atoms in total. The van der Waals surface area contributed by atoms with Gasteiger partial charge in [-0.15, -0.1) is 0 Å². The van der Waals surface area contributed by atoms with Gasteiger partial charge in [0.25, 0.3) is 0 Å². The largest absolute Gasteiger partial charge is 0.508 e. The Morgan fingerprint density at radius 1 is 1.07 bits per heavy atom. The maximum atomic E-state index is 11.2. The Kier molecular flexibility index (Phi) is 2.90. The maximum Gasteiger partial charge on any atom is 0.134 e. The van der Waals surface area contributed by atoms with Crippen LogP contribution in [0.25, 0.3) is 0 Å². The molecule has 0 aliphatic carbocycles. The molecule has 3 heteroatoms. The Balaban J connectivity index is 2.09. The Morgan fingerprint density at radius 2 is 1.80 bits per heavy atom. The minimum Gasteiger partial charge on any atom is -0.508 e. The maximum absolute atomic E-state index is 11.2. The molecule has 1 heterocycles. The van der Waals surface area contributed by atoms with Gasteiger partial charge in [0.05, 0.1) is 0 Å². The molecule has 1 saturated heterocycles. The summed E-state index contributed by atoms with van der Waals surface area (Å²) in [6.07, 6.45) is 2.27. The van der Waals surface area contributed by atoms with Gasteiger partial charge in [-0.2, -0.15) is 0 Å². The Bertz CT molecular complexity index is 345. The topological polar surface area (TPSA) is 40.5 Å². The van der Waals surface area contributed by atoms with Gasteiger partial charge in [0.2, 0.25) is 0 Å². The van der Waals surface area contributed by atoms with Crippen LogP contribution in [0, 0.1) is 0 Å². The Hall–Kier alpha value is -1.51. The first-order valence-electron chi connectivity index (χ1n) is 5.31. The predicted molar refractivity (Wildman–Crippen MR) is 59.2 cm³/mol. The van der Waals surface area contributed by atoms with Crippen molar-refractivity contribution in [3.8, 4) is 5.75 Å². The first-order chi connectivity index (χ1) is 7.25. The van der Waals surface area contributed by atoms with Gasteiger partial charge >= 0.3 is 0 Å². The van der Waals surface area contributed by atoms with E-state index in [-0.39, 0.29) is 5.75 Å². The van der Waals surface area contributed by atoms with Crippen LogP contribution in [0.1, 0.15) is 19.3 Å². The van der Waals surface area contributed by atoms with E-state index < -0.39 is 0 Å². The van der Waals surface area contributed by atoms with Crippen molar-refractivity contribution in [1.29, 1.82) is 0 Å². The van der Waals surface area contributed by atoms with Gasteiger partial charge in [-0.1, -0.05) is 0 Å². The SMILES string of the molecule is O=C1CCCN(c2ccc(O)cc2)CC1. The summed E-state index contributed by atoms with van der Waals surface area (Å²) in [6, 6.07) is 7.15. The highest BCUT2D eigenvalue weighted by Crippen LogP contribution is 2.20. The standard InChI is InChI=1S/C12H15NO2/c14-11-2-1-8-13(9-7-11)10-3-5-12(15)6-4-10/h3-6,15H,1-2,7-9H2. The number of phenols is 1. The summed E-state index contributed by atoms with van der Waals surface area (Å²) < 4.78 is 0. The molecule has 0 amide bonds. The highest BCUT2D eigenvalue weighted by atomic mass is 16.3. The zero-order chi connectivity index (χ0) is 10.7. The predicted octanol–water partition coefficient (Wildman–Crippen LogP) is 1.95.